The fourth-order valence-corrected chi connectivity index (χ4v) is 21.3. The van der Waals surface area contributed by atoms with Crippen LogP contribution in [0.4, 0.5) is 0 Å². The Balaban J connectivity index is 0.000000130. The second-order valence-corrected chi connectivity index (χ2v) is 31.4. The molecule has 0 N–H and O–H groups in total. The lowest BCUT2D eigenvalue weighted by Crippen LogP contribution is -2.19. The molecule has 4 heterocycles. The summed E-state index contributed by atoms with van der Waals surface area (Å²) in [5.41, 5.74) is 19.6. The maximum Gasteiger partial charge on any atom is 0.136 e. The first-order chi connectivity index (χ1) is 53.6. The summed E-state index contributed by atoms with van der Waals surface area (Å²) in [6.45, 7) is 0. The van der Waals surface area contributed by atoms with E-state index in [1.54, 1.807) is 0 Å². The lowest BCUT2D eigenvalue weighted by molar-refractivity contribution is 0.669. The summed E-state index contributed by atoms with van der Waals surface area (Å²) in [7, 11) is 0. The second-order valence-electron chi connectivity index (χ2n) is 29.3. The molecule has 0 aliphatic heterocycles. The molecule has 0 fully saturated rings. The van der Waals surface area contributed by atoms with Crippen LogP contribution in [-0.4, -0.2) is 0 Å². The van der Waals surface area contributed by atoms with Gasteiger partial charge in [-0.15, -0.1) is 22.7 Å². The predicted octanol–water partition coefficient (Wildman–Crippen LogP) is 30.6. The van der Waals surface area contributed by atoms with Gasteiger partial charge in [0.2, 0.25) is 0 Å². The lowest BCUT2D eigenvalue weighted by atomic mass is 9.70. The number of benzene rings is 17. The van der Waals surface area contributed by atoms with Crippen molar-refractivity contribution in [2.75, 3.05) is 0 Å². The maximum absolute atomic E-state index is 6.34. The third kappa shape index (κ3) is 9.37. The van der Waals surface area contributed by atoms with Crippen LogP contribution in [-0.2, 0) is 0 Å². The highest BCUT2D eigenvalue weighted by atomic mass is 32.1. The van der Waals surface area contributed by atoms with Gasteiger partial charge < -0.3 is 8.83 Å². The SMILES string of the molecule is C1=CC2C(c3ccccc3)=CC=C(c3c4ccccc4c(-c4ccc5sc6c7cc8oc9ccccc9c8cc7ccc6c5c4)c4ccccc34)C2C=C1.C1=CCCC(c2ccc(-c3c4ccccc4c(-c4ccc5sc6c(ccc7ccc8oc9ccccc9c8c76)c5c4)c4ccccc34)c3ccccc23)=C1. The van der Waals surface area contributed by atoms with Crippen molar-refractivity contribution < 1.29 is 8.83 Å². The van der Waals surface area contributed by atoms with Crippen LogP contribution in [0.2, 0.25) is 0 Å². The van der Waals surface area contributed by atoms with Crippen molar-refractivity contribution in [3.05, 3.63) is 369 Å². The summed E-state index contributed by atoms with van der Waals surface area (Å²) in [5.74, 6) is 0.528. The van der Waals surface area contributed by atoms with Gasteiger partial charge in [0.05, 0.1) is 0 Å². The van der Waals surface area contributed by atoms with Gasteiger partial charge in [-0.05, 0) is 199 Å². The Bertz CT molecular complexity index is 7570. The van der Waals surface area contributed by atoms with Crippen molar-refractivity contribution in [1.82, 2.24) is 0 Å². The summed E-state index contributed by atoms with van der Waals surface area (Å²) in [6.07, 6.45) is 22.9. The Labute approximate surface area is 630 Å². The Morgan fingerprint density at radius 1 is 0.269 bits per heavy atom. The Hall–Kier alpha value is -13.0. The zero-order valence-electron chi connectivity index (χ0n) is 58.7. The Morgan fingerprint density at radius 2 is 0.759 bits per heavy atom. The van der Waals surface area contributed by atoms with Crippen LogP contribution in [0, 0.1) is 11.8 Å². The smallest absolute Gasteiger partial charge is 0.136 e. The molecule has 17 aromatic carbocycles. The minimum atomic E-state index is 0.247. The van der Waals surface area contributed by atoms with Crippen LogP contribution in [0.15, 0.2) is 361 Å². The molecule has 0 amide bonds. The zero-order chi connectivity index (χ0) is 70.7. The van der Waals surface area contributed by atoms with Gasteiger partial charge in [-0.1, -0.05) is 297 Å². The van der Waals surface area contributed by atoms with Gasteiger partial charge in [0.25, 0.3) is 0 Å². The number of hydrogen-bond acceptors (Lipinski definition) is 4. The minimum Gasteiger partial charge on any atom is -0.456 e. The molecule has 2 unspecified atom stereocenters. The van der Waals surface area contributed by atoms with Gasteiger partial charge in [0.15, 0.2) is 0 Å². The zero-order valence-corrected chi connectivity index (χ0v) is 60.3. The maximum atomic E-state index is 6.34. The van der Waals surface area contributed by atoms with Crippen LogP contribution in [0.5, 0.6) is 0 Å². The Morgan fingerprint density at radius 3 is 1.39 bits per heavy atom. The van der Waals surface area contributed by atoms with E-state index in [0.29, 0.717) is 0 Å². The highest BCUT2D eigenvalue weighted by Gasteiger charge is 2.33. The molecule has 108 heavy (non-hydrogen) atoms. The molecule has 0 saturated heterocycles. The van der Waals surface area contributed by atoms with Crippen molar-refractivity contribution in [2.24, 2.45) is 11.8 Å². The predicted molar refractivity (Wildman–Crippen MR) is 466 cm³/mol. The second kappa shape index (κ2) is 24.3. The third-order valence-electron chi connectivity index (χ3n) is 23.6. The van der Waals surface area contributed by atoms with Gasteiger partial charge in [-0.3, -0.25) is 0 Å². The normalized spacial score (nSPS) is 15.2. The van der Waals surface area contributed by atoms with E-state index < -0.39 is 0 Å². The molecule has 504 valence electrons. The molecule has 3 aliphatic rings. The van der Waals surface area contributed by atoms with Crippen LogP contribution in [0.25, 0.3) is 210 Å². The number of para-hydroxylation sites is 2. The van der Waals surface area contributed by atoms with Crippen molar-refractivity contribution in [1.29, 1.82) is 0 Å². The number of furan rings is 2. The summed E-state index contributed by atoms with van der Waals surface area (Å²) in [5, 5.41) is 27.8. The van der Waals surface area contributed by atoms with Crippen molar-refractivity contribution >= 4 is 199 Å². The molecular weight excluding hydrogens is 1350 g/mol. The van der Waals surface area contributed by atoms with E-state index in [1.807, 2.05) is 28.7 Å². The fraction of sp³-hybridized carbons (Fsp3) is 0.0385. The van der Waals surface area contributed by atoms with Gasteiger partial charge in [0, 0.05) is 84.5 Å². The molecule has 0 bridgehead atoms. The van der Waals surface area contributed by atoms with E-state index in [4.69, 9.17) is 8.83 Å². The van der Waals surface area contributed by atoms with E-state index in [2.05, 4.69) is 346 Å². The molecule has 0 saturated carbocycles. The molecule has 24 rings (SSSR count). The molecule has 3 aliphatic carbocycles. The van der Waals surface area contributed by atoms with Gasteiger partial charge in [0.1, 0.15) is 22.3 Å². The number of fused-ring (bicyclic) bond motifs is 23. The number of thiophene rings is 2. The molecule has 0 radical (unpaired) electrons. The monoisotopic (exact) mass is 1410 g/mol. The van der Waals surface area contributed by atoms with Crippen LogP contribution >= 0.6 is 22.7 Å². The van der Waals surface area contributed by atoms with Gasteiger partial charge in [-0.2, -0.15) is 0 Å². The quantitative estimate of drug-likeness (QED) is 0.155. The lowest BCUT2D eigenvalue weighted by Gasteiger charge is -2.33. The molecule has 21 aromatic rings. The summed E-state index contributed by atoms with van der Waals surface area (Å²) < 4.78 is 17.9. The average Bonchev–Trinajstić information content (AvgIpc) is 0.799. The number of hydrogen-bond donors (Lipinski definition) is 0. The Kier molecular flexibility index (Phi) is 13.8. The third-order valence-corrected chi connectivity index (χ3v) is 26.0. The summed E-state index contributed by atoms with van der Waals surface area (Å²) >= 11 is 3.77. The summed E-state index contributed by atoms with van der Waals surface area (Å²) in [6, 6.07) is 110. The first-order valence-electron chi connectivity index (χ1n) is 37.6. The molecule has 0 spiro atoms. The topological polar surface area (TPSA) is 26.3 Å². The van der Waals surface area contributed by atoms with Crippen molar-refractivity contribution in [3.63, 3.8) is 0 Å². The first kappa shape index (κ1) is 61.4. The minimum absolute atomic E-state index is 0.247. The average molecular weight is 1410 g/mol. The van der Waals surface area contributed by atoms with E-state index in [0.717, 1.165) is 35.2 Å². The highest BCUT2D eigenvalue weighted by molar-refractivity contribution is 7.27. The van der Waals surface area contributed by atoms with E-state index in [-0.39, 0.29) is 11.8 Å². The molecule has 2 atom stereocenters. The van der Waals surface area contributed by atoms with Crippen LogP contribution in [0.1, 0.15) is 29.5 Å². The van der Waals surface area contributed by atoms with E-state index in [9.17, 15) is 0 Å². The van der Waals surface area contributed by atoms with Crippen molar-refractivity contribution in [2.45, 2.75) is 12.8 Å². The van der Waals surface area contributed by atoms with E-state index >= 15 is 0 Å². The van der Waals surface area contributed by atoms with Crippen LogP contribution < -0.4 is 0 Å². The molecule has 4 heteroatoms. The van der Waals surface area contributed by atoms with Gasteiger partial charge in [-0.25, -0.2) is 0 Å². The largest absolute Gasteiger partial charge is 0.456 e. The summed E-state index contributed by atoms with van der Waals surface area (Å²) in [4.78, 5) is 0. The number of rotatable bonds is 6. The van der Waals surface area contributed by atoms with Crippen molar-refractivity contribution in [3.8, 4) is 33.4 Å². The molecule has 2 nitrogen and oxygen atoms in total. The van der Waals surface area contributed by atoms with E-state index in [1.165, 1.54) is 204 Å². The van der Waals surface area contributed by atoms with Gasteiger partial charge >= 0.3 is 0 Å². The van der Waals surface area contributed by atoms with Crippen LogP contribution in [0.3, 0.4) is 0 Å². The number of allylic oxidation sites excluding steroid dienone is 12. The standard InChI is InChI=1S/2C52H32OS/c1-2-12-31(13-3-1)34-25-26-42(36-15-5-4-14-35(34)36)51-40-19-8-6-17-38(40)50(39-18-7-9-20-41(39)51)33-23-27-49-46(29-33)43-24-22-32-28-45-37-16-10-11-21-47(37)53-48(45)30-44(32)52(43)54-49;1-2-12-31(13-3-1)34-26-27-41(36-15-5-4-14-35(34)36)50-39-18-8-6-16-37(39)48(38-17-7-9-19-40(38)50)33-24-29-47-44(30-33)42-25-22-32-23-28-46-51(49(32)52(42)54-47)43-20-10-11-21-45(43)53-46/h1-30,35-36H;1-2,4-12,14-30H,3,13H2. The highest BCUT2D eigenvalue weighted by Crippen LogP contribution is 2.54. The first-order valence-corrected chi connectivity index (χ1v) is 39.2. The fourth-order valence-electron chi connectivity index (χ4n) is 18.8. The molecular formula is C104H64O2S2. The molecule has 4 aromatic heterocycles.